The van der Waals surface area contributed by atoms with Crippen molar-refractivity contribution in [1.82, 2.24) is 9.88 Å². The van der Waals surface area contributed by atoms with Gasteiger partial charge in [-0.15, -0.1) is 0 Å². The lowest BCUT2D eigenvalue weighted by Gasteiger charge is -2.29. The fourth-order valence-corrected chi connectivity index (χ4v) is 4.41. The van der Waals surface area contributed by atoms with E-state index in [0.29, 0.717) is 31.4 Å². The van der Waals surface area contributed by atoms with Gasteiger partial charge < -0.3 is 9.47 Å². The first-order valence-corrected chi connectivity index (χ1v) is 10.8. The van der Waals surface area contributed by atoms with E-state index in [9.17, 15) is 9.18 Å². The molecule has 0 N–H and O–H groups in total. The Balaban J connectivity index is 1.52. The summed E-state index contributed by atoms with van der Waals surface area (Å²) in [7, 11) is 0. The molecule has 0 bridgehead atoms. The lowest BCUT2D eigenvalue weighted by Crippen LogP contribution is -2.44. The molecular formula is C22H24FN3O3S. The van der Waals surface area contributed by atoms with Gasteiger partial charge in [0.25, 0.3) is 5.91 Å². The average Bonchev–Trinajstić information content (AvgIpc) is 3.16. The molecule has 1 fully saturated rings. The van der Waals surface area contributed by atoms with Crippen LogP contribution in [-0.2, 0) is 9.53 Å². The number of aromatic nitrogens is 1. The van der Waals surface area contributed by atoms with E-state index in [1.54, 1.807) is 17.0 Å². The van der Waals surface area contributed by atoms with Gasteiger partial charge in [0.2, 0.25) is 0 Å². The fraction of sp³-hybridized carbons (Fsp3) is 0.364. The van der Waals surface area contributed by atoms with Gasteiger partial charge in [-0.25, -0.2) is 9.37 Å². The van der Waals surface area contributed by atoms with Gasteiger partial charge in [0.1, 0.15) is 0 Å². The summed E-state index contributed by atoms with van der Waals surface area (Å²) in [5.74, 6) is -0.665. The van der Waals surface area contributed by atoms with Crippen LogP contribution in [0.2, 0.25) is 0 Å². The SMILES string of the molecule is Cc1ccc2nc(N(CCN3CCOCC3)C(=O)COc3ccccc3F)sc2c1. The van der Waals surface area contributed by atoms with Crippen LogP contribution < -0.4 is 9.64 Å². The Morgan fingerprint density at radius 3 is 2.87 bits per heavy atom. The van der Waals surface area contributed by atoms with Crippen molar-refractivity contribution < 1.29 is 18.7 Å². The van der Waals surface area contributed by atoms with Crippen molar-refractivity contribution in [1.29, 1.82) is 0 Å². The van der Waals surface area contributed by atoms with Crippen LogP contribution in [0, 0.1) is 12.7 Å². The van der Waals surface area contributed by atoms with Crippen molar-refractivity contribution in [2.24, 2.45) is 0 Å². The molecule has 0 spiro atoms. The summed E-state index contributed by atoms with van der Waals surface area (Å²) >= 11 is 1.48. The topological polar surface area (TPSA) is 54.9 Å². The molecule has 4 rings (SSSR count). The predicted molar refractivity (Wildman–Crippen MR) is 116 cm³/mol. The third kappa shape index (κ3) is 4.95. The summed E-state index contributed by atoms with van der Waals surface area (Å²) < 4.78 is 25.7. The highest BCUT2D eigenvalue weighted by Crippen LogP contribution is 2.30. The maximum Gasteiger partial charge on any atom is 0.266 e. The van der Waals surface area contributed by atoms with E-state index in [1.807, 2.05) is 19.1 Å². The number of thiazole rings is 1. The molecule has 30 heavy (non-hydrogen) atoms. The third-order valence-electron chi connectivity index (χ3n) is 5.00. The van der Waals surface area contributed by atoms with Crippen LogP contribution in [0.15, 0.2) is 42.5 Å². The van der Waals surface area contributed by atoms with Gasteiger partial charge in [-0.2, -0.15) is 0 Å². The Morgan fingerprint density at radius 2 is 2.07 bits per heavy atom. The molecule has 8 heteroatoms. The first kappa shape index (κ1) is 20.7. The number of amides is 1. The molecule has 6 nitrogen and oxygen atoms in total. The van der Waals surface area contributed by atoms with E-state index < -0.39 is 5.82 Å². The molecule has 0 radical (unpaired) electrons. The molecule has 2 heterocycles. The number of anilines is 1. The lowest BCUT2D eigenvalue weighted by atomic mass is 10.2. The normalized spacial score (nSPS) is 14.7. The molecule has 1 aromatic heterocycles. The number of nitrogens with zero attached hydrogens (tertiary/aromatic N) is 3. The van der Waals surface area contributed by atoms with Crippen molar-refractivity contribution in [2.75, 3.05) is 50.9 Å². The molecule has 1 amide bonds. The standard InChI is InChI=1S/C22H24FN3O3S/c1-16-6-7-18-20(14-16)30-22(24-18)26(9-8-25-10-12-28-13-11-25)21(27)15-29-19-5-3-2-4-17(19)23/h2-7,14H,8-13,15H2,1H3. The molecule has 158 valence electrons. The number of hydrogen-bond donors (Lipinski definition) is 0. The van der Waals surface area contributed by atoms with Crippen LogP contribution in [0.3, 0.4) is 0 Å². The van der Waals surface area contributed by atoms with E-state index >= 15 is 0 Å². The number of morpholine rings is 1. The van der Waals surface area contributed by atoms with Gasteiger partial charge in [-0.3, -0.25) is 14.6 Å². The number of rotatable bonds is 7. The Hall–Kier alpha value is -2.55. The number of carbonyl (C=O) groups excluding carboxylic acids is 1. The summed E-state index contributed by atoms with van der Waals surface area (Å²) in [5.41, 5.74) is 2.01. The molecule has 0 aliphatic carbocycles. The van der Waals surface area contributed by atoms with E-state index in [0.717, 1.165) is 28.9 Å². The zero-order valence-corrected chi connectivity index (χ0v) is 17.7. The number of halogens is 1. The van der Waals surface area contributed by atoms with Gasteiger partial charge in [-0.05, 0) is 36.8 Å². The van der Waals surface area contributed by atoms with Crippen LogP contribution in [0.5, 0.6) is 5.75 Å². The molecule has 1 aliphatic heterocycles. The summed E-state index contributed by atoms with van der Waals surface area (Å²) in [5, 5.41) is 0.631. The molecule has 3 aromatic rings. The Labute approximate surface area is 178 Å². The summed E-state index contributed by atoms with van der Waals surface area (Å²) in [6.07, 6.45) is 0. The first-order chi connectivity index (χ1) is 14.6. The number of ether oxygens (including phenoxy) is 2. The first-order valence-electron chi connectivity index (χ1n) is 9.95. The summed E-state index contributed by atoms with van der Waals surface area (Å²) in [6, 6.07) is 12.1. The zero-order valence-electron chi connectivity index (χ0n) is 16.8. The highest BCUT2D eigenvalue weighted by atomic mass is 32.1. The van der Waals surface area contributed by atoms with Crippen molar-refractivity contribution in [3.63, 3.8) is 0 Å². The number of aryl methyl sites for hydroxylation is 1. The monoisotopic (exact) mass is 429 g/mol. The molecular weight excluding hydrogens is 405 g/mol. The van der Waals surface area contributed by atoms with Gasteiger partial charge in [0, 0.05) is 26.2 Å². The predicted octanol–water partition coefficient (Wildman–Crippen LogP) is 3.49. The second-order valence-corrected chi connectivity index (χ2v) is 8.20. The van der Waals surface area contributed by atoms with Crippen molar-refractivity contribution in [3.8, 4) is 5.75 Å². The minimum absolute atomic E-state index is 0.0684. The lowest BCUT2D eigenvalue weighted by molar-refractivity contribution is -0.120. The Morgan fingerprint density at radius 1 is 1.27 bits per heavy atom. The number of carbonyl (C=O) groups is 1. The van der Waals surface area contributed by atoms with Crippen LogP contribution in [0.25, 0.3) is 10.2 Å². The Bertz CT molecular complexity index is 1020. The minimum atomic E-state index is -0.486. The van der Waals surface area contributed by atoms with Crippen molar-refractivity contribution in [3.05, 3.63) is 53.8 Å². The van der Waals surface area contributed by atoms with E-state index in [4.69, 9.17) is 9.47 Å². The van der Waals surface area contributed by atoms with Gasteiger partial charge in [-0.1, -0.05) is 29.5 Å². The van der Waals surface area contributed by atoms with Gasteiger partial charge >= 0.3 is 0 Å². The molecule has 0 atom stereocenters. The fourth-order valence-electron chi connectivity index (χ4n) is 3.31. The smallest absolute Gasteiger partial charge is 0.266 e. The van der Waals surface area contributed by atoms with Crippen molar-refractivity contribution in [2.45, 2.75) is 6.92 Å². The van der Waals surface area contributed by atoms with E-state index in [2.05, 4.69) is 16.0 Å². The summed E-state index contributed by atoms with van der Waals surface area (Å²) in [6.45, 7) is 6.05. The van der Waals surface area contributed by atoms with Gasteiger partial charge in [0.05, 0.1) is 23.4 Å². The third-order valence-corrected chi connectivity index (χ3v) is 6.04. The Kier molecular flexibility index (Phi) is 6.56. The maximum atomic E-state index is 13.9. The largest absolute Gasteiger partial charge is 0.481 e. The van der Waals surface area contributed by atoms with Crippen LogP contribution in [-0.4, -0.2) is 61.8 Å². The van der Waals surface area contributed by atoms with Gasteiger partial charge in [0.15, 0.2) is 23.3 Å². The molecule has 0 saturated carbocycles. The summed E-state index contributed by atoms with van der Waals surface area (Å²) in [4.78, 5) is 21.6. The second kappa shape index (κ2) is 9.51. The minimum Gasteiger partial charge on any atom is -0.481 e. The van der Waals surface area contributed by atoms with Crippen molar-refractivity contribution >= 4 is 32.6 Å². The highest BCUT2D eigenvalue weighted by molar-refractivity contribution is 7.22. The molecule has 0 unspecified atom stereocenters. The second-order valence-electron chi connectivity index (χ2n) is 7.19. The number of para-hydroxylation sites is 1. The average molecular weight is 430 g/mol. The number of benzene rings is 2. The van der Waals surface area contributed by atoms with E-state index in [-0.39, 0.29) is 18.3 Å². The van der Waals surface area contributed by atoms with Crippen LogP contribution >= 0.6 is 11.3 Å². The molecule has 1 aliphatic rings. The number of hydrogen-bond acceptors (Lipinski definition) is 6. The molecule has 2 aromatic carbocycles. The number of fused-ring (bicyclic) bond motifs is 1. The van der Waals surface area contributed by atoms with Crippen LogP contribution in [0.4, 0.5) is 9.52 Å². The van der Waals surface area contributed by atoms with E-state index in [1.165, 1.54) is 23.5 Å². The zero-order chi connectivity index (χ0) is 20.9. The quantitative estimate of drug-likeness (QED) is 0.576. The molecule has 1 saturated heterocycles. The maximum absolute atomic E-state index is 13.9. The highest BCUT2D eigenvalue weighted by Gasteiger charge is 2.22. The van der Waals surface area contributed by atoms with Crippen LogP contribution in [0.1, 0.15) is 5.56 Å².